The molecule has 2 rings (SSSR count). The molecular formula is C19H25NO5. The summed E-state index contributed by atoms with van der Waals surface area (Å²) in [6.45, 7) is 5.14. The third kappa shape index (κ3) is 5.34. The molecule has 136 valence electrons. The highest BCUT2D eigenvalue weighted by Crippen LogP contribution is 2.25. The van der Waals surface area contributed by atoms with E-state index >= 15 is 0 Å². The first-order valence-corrected chi connectivity index (χ1v) is 8.10. The molecule has 2 atom stereocenters. The van der Waals surface area contributed by atoms with Crippen molar-refractivity contribution in [1.82, 2.24) is 5.32 Å². The molecule has 2 unspecified atom stereocenters. The Kier molecular flexibility index (Phi) is 5.87. The summed E-state index contributed by atoms with van der Waals surface area (Å²) in [7, 11) is 1.60. The number of rotatable bonds is 5. The lowest BCUT2D eigenvalue weighted by atomic mass is 10.00. The van der Waals surface area contributed by atoms with Crippen LogP contribution >= 0.6 is 0 Å². The van der Waals surface area contributed by atoms with Gasteiger partial charge in [-0.05, 0) is 55.3 Å². The van der Waals surface area contributed by atoms with Gasteiger partial charge < -0.3 is 25.0 Å². The smallest absolute Gasteiger partial charge is 0.407 e. The molecule has 0 saturated heterocycles. The highest BCUT2D eigenvalue weighted by atomic mass is 16.6. The summed E-state index contributed by atoms with van der Waals surface area (Å²) in [5.41, 5.74) is -0.0521. The van der Waals surface area contributed by atoms with Gasteiger partial charge in [-0.1, -0.05) is 18.2 Å². The van der Waals surface area contributed by atoms with Crippen LogP contribution in [0.4, 0.5) is 4.79 Å². The second-order valence-corrected chi connectivity index (χ2v) is 6.87. The normalized spacial score (nSPS) is 14.0. The Hall–Kier alpha value is -2.31. The number of amides is 1. The van der Waals surface area contributed by atoms with Gasteiger partial charge in [0.05, 0.1) is 7.11 Å². The first-order valence-electron chi connectivity index (χ1n) is 8.10. The fraction of sp³-hybridized carbons (Fsp3) is 0.421. The number of carbonyl (C=O) groups is 1. The van der Waals surface area contributed by atoms with E-state index in [1.807, 2.05) is 24.3 Å². The Labute approximate surface area is 147 Å². The van der Waals surface area contributed by atoms with Crippen molar-refractivity contribution < 1.29 is 24.5 Å². The average molecular weight is 347 g/mol. The van der Waals surface area contributed by atoms with Crippen LogP contribution in [-0.2, 0) is 4.74 Å². The summed E-state index contributed by atoms with van der Waals surface area (Å²) in [4.78, 5) is 11.6. The minimum atomic E-state index is -1.15. The third-order valence-corrected chi connectivity index (χ3v) is 3.63. The van der Waals surface area contributed by atoms with Gasteiger partial charge in [-0.3, -0.25) is 0 Å². The summed E-state index contributed by atoms with van der Waals surface area (Å²) in [5.74, 6) is 0.752. The molecule has 6 nitrogen and oxygen atoms in total. The topological polar surface area (TPSA) is 88.0 Å². The van der Waals surface area contributed by atoms with Gasteiger partial charge in [0.1, 0.15) is 23.6 Å². The van der Waals surface area contributed by atoms with E-state index in [0.29, 0.717) is 5.56 Å². The average Bonchev–Trinajstić information content (AvgIpc) is 2.56. The van der Waals surface area contributed by atoms with Gasteiger partial charge in [-0.15, -0.1) is 0 Å². The molecule has 0 aliphatic heterocycles. The van der Waals surface area contributed by atoms with Gasteiger partial charge in [0, 0.05) is 6.54 Å². The molecule has 6 heteroatoms. The number of alkyl carbamates (subject to hydrolysis) is 1. The summed E-state index contributed by atoms with van der Waals surface area (Å²) in [6, 6.07) is 11.0. The molecule has 0 aromatic heterocycles. The molecule has 0 aliphatic rings. The first-order chi connectivity index (χ1) is 11.7. The first kappa shape index (κ1) is 19.0. The molecular weight excluding hydrogens is 322 g/mol. The SMILES string of the molecule is COc1ccc2cc(C(O)C(O)CNC(=O)OC(C)(C)C)ccc2c1. The van der Waals surface area contributed by atoms with Crippen LogP contribution < -0.4 is 10.1 Å². The standard InChI is InChI=1S/C19H25NO5/c1-19(2,3)25-18(23)20-11-16(21)17(22)14-6-5-13-10-15(24-4)8-7-12(13)9-14/h5-10,16-17,21-22H,11H2,1-4H3,(H,20,23). The molecule has 0 radical (unpaired) electrons. The number of carbonyl (C=O) groups excluding carboxylic acids is 1. The molecule has 2 aromatic rings. The Morgan fingerprint density at radius 1 is 1.12 bits per heavy atom. The van der Waals surface area contributed by atoms with Gasteiger partial charge in [-0.2, -0.15) is 0 Å². The molecule has 0 bridgehead atoms. The number of hydrogen-bond donors (Lipinski definition) is 3. The largest absolute Gasteiger partial charge is 0.497 e. The van der Waals surface area contributed by atoms with Gasteiger partial charge in [0.2, 0.25) is 0 Å². The van der Waals surface area contributed by atoms with Crippen molar-refractivity contribution in [1.29, 1.82) is 0 Å². The van der Waals surface area contributed by atoms with Crippen LogP contribution in [0.3, 0.4) is 0 Å². The maximum absolute atomic E-state index is 11.6. The third-order valence-electron chi connectivity index (χ3n) is 3.63. The Morgan fingerprint density at radius 2 is 1.76 bits per heavy atom. The molecule has 0 aliphatic carbocycles. The zero-order chi connectivity index (χ0) is 18.6. The predicted molar refractivity (Wildman–Crippen MR) is 95.7 cm³/mol. The van der Waals surface area contributed by atoms with Crippen LogP contribution in [0.25, 0.3) is 10.8 Å². The molecule has 0 saturated carbocycles. The van der Waals surface area contributed by atoms with E-state index in [9.17, 15) is 15.0 Å². The number of hydrogen-bond acceptors (Lipinski definition) is 5. The molecule has 25 heavy (non-hydrogen) atoms. The van der Waals surface area contributed by atoms with Crippen LogP contribution in [0.2, 0.25) is 0 Å². The lowest BCUT2D eigenvalue weighted by molar-refractivity contribution is 0.0130. The number of methoxy groups -OCH3 is 1. The van der Waals surface area contributed by atoms with Crippen molar-refractivity contribution >= 4 is 16.9 Å². The van der Waals surface area contributed by atoms with Gasteiger partial charge in [-0.25, -0.2) is 4.79 Å². The molecule has 0 spiro atoms. The van der Waals surface area contributed by atoms with E-state index in [0.717, 1.165) is 16.5 Å². The van der Waals surface area contributed by atoms with E-state index in [1.54, 1.807) is 40.0 Å². The van der Waals surface area contributed by atoms with E-state index in [-0.39, 0.29) is 6.54 Å². The summed E-state index contributed by atoms with van der Waals surface area (Å²) in [6.07, 6.45) is -2.91. The van der Waals surface area contributed by atoms with Crippen LogP contribution in [0.5, 0.6) is 5.75 Å². The summed E-state index contributed by atoms with van der Waals surface area (Å²) >= 11 is 0. The van der Waals surface area contributed by atoms with Crippen LogP contribution in [0.1, 0.15) is 32.4 Å². The van der Waals surface area contributed by atoms with E-state index in [4.69, 9.17) is 9.47 Å². The Bertz CT molecular complexity index is 738. The summed E-state index contributed by atoms with van der Waals surface area (Å²) in [5, 5.41) is 24.8. The fourth-order valence-corrected chi connectivity index (χ4v) is 2.39. The number of ether oxygens (including phenoxy) is 2. The minimum absolute atomic E-state index is 0.114. The zero-order valence-electron chi connectivity index (χ0n) is 14.9. The molecule has 3 N–H and O–H groups in total. The number of fused-ring (bicyclic) bond motifs is 1. The van der Waals surface area contributed by atoms with Crippen LogP contribution in [0, 0.1) is 0 Å². The second kappa shape index (κ2) is 7.72. The zero-order valence-corrected chi connectivity index (χ0v) is 14.9. The number of aliphatic hydroxyl groups is 2. The van der Waals surface area contributed by atoms with Crippen LogP contribution in [-0.4, -0.2) is 41.7 Å². The number of nitrogens with one attached hydrogen (secondary N) is 1. The van der Waals surface area contributed by atoms with Crippen molar-refractivity contribution in [3.05, 3.63) is 42.0 Å². The lowest BCUT2D eigenvalue weighted by Gasteiger charge is -2.22. The highest BCUT2D eigenvalue weighted by molar-refractivity contribution is 5.84. The molecule has 1 amide bonds. The van der Waals surface area contributed by atoms with Crippen molar-refractivity contribution in [3.8, 4) is 5.75 Å². The van der Waals surface area contributed by atoms with Gasteiger partial charge in [0.15, 0.2) is 0 Å². The molecule has 0 fully saturated rings. The molecule has 0 heterocycles. The van der Waals surface area contributed by atoms with Crippen LogP contribution in [0.15, 0.2) is 36.4 Å². The Morgan fingerprint density at radius 3 is 2.40 bits per heavy atom. The van der Waals surface area contributed by atoms with Gasteiger partial charge in [0.25, 0.3) is 0 Å². The van der Waals surface area contributed by atoms with Crippen molar-refractivity contribution in [3.63, 3.8) is 0 Å². The van der Waals surface area contributed by atoms with Crippen molar-refractivity contribution in [2.24, 2.45) is 0 Å². The second-order valence-electron chi connectivity index (χ2n) is 6.87. The minimum Gasteiger partial charge on any atom is -0.497 e. The number of aliphatic hydroxyl groups excluding tert-OH is 2. The Balaban J connectivity index is 2.02. The quantitative estimate of drug-likeness (QED) is 0.774. The van der Waals surface area contributed by atoms with E-state index in [2.05, 4.69) is 5.32 Å². The van der Waals surface area contributed by atoms with E-state index < -0.39 is 23.9 Å². The highest BCUT2D eigenvalue weighted by Gasteiger charge is 2.21. The maximum Gasteiger partial charge on any atom is 0.407 e. The maximum atomic E-state index is 11.6. The van der Waals surface area contributed by atoms with Crippen molar-refractivity contribution in [2.45, 2.75) is 38.6 Å². The van der Waals surface area contributed by atoms with E-state index in [1.165, 1.54) is 0 Å². The number of benzene rings is 2. The lowest BCUT2D eigenvalue weighted by Crippen LogP contribution is -2.38. The summed E-state index contributed by atoms with van der Waals surface area (Å²) < 4.78 is 10.3. The fourth-order valence-electron chi connectivity index (χ4n) is 2.39. The molecule has 2 aromatic carbocycles. The monoisotopic (exact) mass is 347 g/mol. The predicted octanol–water partition coefficient (Wildman–Crippen LogP) is 2.77. The van der Waals surface area contributed by atoms with Crippen molar-refractivity contribution in [2.75, 3.05) is 13.7 Å². The van der Waals surface area contributed by atoms with Gasteiger partial charge >= 0.3 is 6.09 Å².